The second-order valence-corrected chi connectivity index (χ2v) is 6.73. The first-order valence-corrected chi connectivity index (χ1v) is 8.55. The Morgan fingerprint density at radius 3 is 2.76 bits per heavy atom. The highest BCUT2D eigenvalue weighted by Gasteiger charge is 2.21. The molecule has 6 nitrogen and oxygen atoms in total. The molecule has 130 valence electrons. The molecule has 0 N–H and O–H groups in total. The van der Waals surface area contributed by atoms with Gasteiger partial charge in [-0.1, -0.05) is 25.1 Å². The number of anilines is 1. The number of hydrogen-bond acceptors (Lipinski definition) is 4. The van der Waals surface area contributed by atoms with Gasteiger partial charge in [0.2, 0.25) is 0 Å². The average molecular weight is 338 g/mol. The lowest BCUT2D eigenvalue weighted by atomic mass is 10.0. The quantitative estimate of drug-likeness (QED) is 0.854. The molecule has 1 fully saturated rings. The molecular weight excluding hydrogens is 316 g/mol. The molecule has 1 aliphatic rings. The van der Waals surface area contributed by atoms with Crippen molar-refractivity contribution in [1.82, 2.24) is 9.13 Å². The normalized spacial score (nSPS) is 17.3. The summed E-state index contributed by atoms with van der Waals surface area (Å²) in [6.45, 7) is 4.11. The summed E-state index contributed by atoms with van der Waals surface area (Å²) in [5, 5.41) is 9.31. The molecule has 1 aromatic heterocycles. The van der Waals surface area contributed by atoms with Crippen molar-refractivity contribution in [1.29, 1.82) is 5.26 Å². The molecule has 0 unspecified atom stereocenters. The van der Waals surface area contributed by atoms with Gasteiger partial charge < -0.3 is 4.90 Å². The molecule has 0 saturated carbocycles. The van der Waals surface area contributed by atoms with Crippen LogP contribution in [0.1, 0.15) is 30.9 Å². The molecule has 0 aliphatic carbocycles. The molecule has 0 spiro atoms. The van der Waals surface area contributed by atoms with Crippen LogP contribution < -0.4 is 16.1 Å². The Hall–Kier alpha value is -2.81. The van der Waals surface area contributed by atoms with Crippen LogP contribution in [0, 0.1) is 17.2 Å². The zero-order chi connectivity index (χ0) is 18.0. The van der Waals surface area contributed by atoms with Crippen molar-refractivity contribution in [3.05, 3.63) is 62.3 Å². The van der Waals surface area contributed by atoms with E-state index in [1.54, 1.807) is 16.7 Å². The van der Waals surface area contributed by atoms with E-state index in [9.17, 15) is 14.9 Å². The Morgan fingerprint density at radius 2 is 2.04 bits per heavy atom. The molecular formula is C19H22N4O2. The fourth-order valence-electron chi connectivity index (χ4n) is 3.40. The van der Waals surface area contributed by atoms with Gasteiger partial charge in [-0.15, -0.1) is 0 Å². The van der Waals surface area contributed by atoms with Crippen LogP contribution in [0.15, 0.2) is 39.9 Å². The van der Waals surface area contributed by atoms with Gasteiger partial charge in [0.25, 0.3) is 5.56 Å². The minimum atomic E-state index is -0.353. The molecule has 0 radical (unpaired) electrons. The third-order valence-electron chi connectivity index (χ3n) is 4.82. The van der Waals surface area contributed by atoms with Crippen molar-refractivity contribution < 1.29 is 0 Å². The Labute approximate surface area is 146 Å². The summed E-state index contributed by atoms with van der Waals surface area (Å²) in [6.07, 6.45) is 2.20. The van der Waals surface area contributed by atoms with Gasteiger partial charge in [0.1, 0.15) is 5.82 Å². The van der Waals surface area contributed by atoms with E-state index in [0.29, 0.717) is 17.3 Å². The zero-order valence-electron chi connectivity index (χ0n) is 14.6. The lowest BCUT2D eigenvalue weighted by Gasteiger charge is -2.34. The van der Waals surface area contributed by atoms with E-state index in [4.69, 9.17) is 0 Å². The SMILES string of the molecule is C[C@H]1CCCN(c2cc(=O)n(C)c(=O)n2Cc2ccccc2C#N)C1. The standard InChI is InChI=1S/C19H22N4O2/c1-14-6-5-9-22(12-14)17-10-18(24)21(2)19(25)23(17)13-16-8-4-3-7-15(16)11-20/h3-4,7-8,10,14H,5-6,9,12-13H2,1-2H3/t14-/m0/s1. The molecule has 6 heteroatoms. The first-order chi connectivity index (χ1) is 12.0. The van der Waals surface area contributed by atoms with E-state index in [0.717, 1.165) is 36.1 Å². The Balaban J connectivity index is 2.11. The van der Waals surface area contributed by atoms with E-state index >= 15 is 0 Å². The minimum absolute atomic E-state index is 0.275. The van der Waals surface area contributed by atoms with Crippen molar-refractivity contribution in [2.75, 3.05) is 18.0 Å². The second kappa shape index (κ2) is 6.98. The molecule has 1 saturated heterocycles. The van der Waals surface area contributed by atoms with Gasteiger partial charge in [0.15, 0.2) is 0 Å². The van der Waals surface area contributed by atoms with Gasteiger partial charge in [-0.3, -0.25) is 13.9 Å². The van der Waals surface area contributed by atoms with Crippen LogP contribution in [0.4, 0.5) is 5.82 Å². The van der Waals surface area contributed by atoms with Crippen LogP contribution in [-0.4, -0.2) is 22.2 Å². The zero-order valence-corrected chi connectivity index (χ0v) is 14.6. The van der Waals surface area contributed by atoms with Crippen molar-refractivity contribution in [2.24, 2.45) is 13.0 Å². The van der Waals surface area contributed by atoms with Gasteiger partial charge in [0, 0.05) is 26.2 Å². The number of piperidine rings is 1. The highest BCUT2D eigenvalue weighted by atomic mass is 16.2. The average Bonchev–Trinajstić information content (AvgIpc) is 2.62. The molecule has 1 atom stereocenters. The van der Waals surface area contributed by atoms with Crippen LogP contribution in [-0.2, 0) is 13.6 Å². The number of rotatable bonds is 3. The monoisotopic (exact) mass is 338 g/mol. The smallest absolute Gasteiger partial charge is 0.332 e. The highest BCUT2D eigenvalue weighted by Crippen LogP contribution is 2.22. The first-order valence-electron chi connectivity index (χ1n) is 8.55. The van der Waals surface area contributed by atoms with Gasteiger partial charge in [-0.05, 0) is 30.4 Å². The number of aromatic nitrogens is 2. The maximum absolute atomic E-state index is 12.8. The largest absolute Gasteiger partial charge is 0.357 e. The van der Waals surface area contributed by atoms with Gasteiger partial charge in [-0.25, -0.2) is 4.79 Å². The number of benzene rings is 1. The van der Waals surface area contributed by atoms with Crippen LogP contribution in [0.2, 0.25) is 0 Å². The Kier molecular flexibility index (Phi) is 4.75. The topological polar surface area (TPSA) is 71.0 Å². The fourth-order valence-corrected chi connectivity index (χ4v) is 3.40. The summed E-state index contributed by atoms with van der Waals surface area (Å²) in [5.41, 5.74) is 0.662. The summed E-state index contributed by atoms with van der Waals surface area (Å²) >= 11 is 0. The number of nitriles is 1. The van der Waals surface area contributed by atoms with E-state index < -0.39 is 0 Å². The number of nitrogens with zero attached hydrogens (tertiary/aromatic N) is 4. The van der Waals surface area contributed by atoms with E-state index in [-0.39, 0.29) is 17.8 Å². The maximum Gasteiger partial charge on any atom is 0.332 e. The summed E-state index contributed by atoms with van der Waals surface area (Å²) < 4.78 is 2.72. The number of hydrogen-bond donors (Lipinski definition) is 0. The molecule has 1 aromatic carbocycles. The van der Waals surface area contributed by atoms with Crippen LogP contribution in [0.3, 0.4) is 0 Å². The lowest BCUT2D eigenvalue weighted by Crippen LogP contribution is -2.44. The van der Waals surface area contributed by atoms with Crippen molar-refractivity contribution >= 4 is 5.82 Å². The third-order valence-corrected chi connectivity index (χ3v) is 4.82. The molecule has 1 aliphatic heterocycles. The molecule has 2 heterocycles. The first kappa shape index (κ1) is 17.0. The van der Waals surface area contributed by atoms with Crippen molar-refractivity contribution in [3.63, 3.8) is 0 Å². The van der Waals surface area contributed by atoms with Crippen molar-refractivity contribution in [2.45, 2.75) is 26.3 Å². The van der Waals surface area contributed by atoms with Gasteiger partial charge in [-0.2, -0.15) is 5.26 Å². The van der Waals surface area contributed by atoms with Crippen molar-refractivity contribution in [3.8, 4) is 6.07 Å². The molecule has 2 aromatic rings. The predicted octanol–water partition coefficient (Wildman–Crippen LogP) is 1.70. The highest BCUT2D eigenvalue weighted by molar-refractivity contribution is 5.42. The van der Waals surface area contributed by atoms with E-state index in [1.807, 2.05) is 12.1 Å². The molecule has 0 amide bonds. The predicted molar refractivity (Wildman–Crippen MR) is 96.8 cm³/mol. The molecule has 0 bridgehead atoms. The third kappa shape index (κ3) is 3.36. The van der Waals surface area contributed by atoms with Gasteiger partial charge in [0.05, 0.1) is 18.2 Å². The fraction of sp³-hybridized carbons (Fsp3) is 0.421. The van der Waals surface area contributed by atoms with Crippen LogP contribution in [0.25, 0.3) is 0 Å². The Bertz CT molecular complexity index is 936. The lowest BCUT2D eigenvalue weighted by molar-refractivity contribution is 0.437. The van der Waals surface area contributed by atoms with Crippen LogP contribution in [0.5, 0.6) is 0 Å². The Morgan fingerprint density at radius 1 is 1.28 bits per heavy atom. The summed E-state index contributed by atoms with van der Waals surface area (Å²) in [7, 11) is 1.49. The van der Waals surface area contributed by atoms with E-state index in [2.05, 4.69) is 17.9 Å². The van der Waals surface area contributed by atoms with Crippen LogP contribution >= 0.6 is 0 Å². The minimum Gasteiger partial charge on any atom is -0.357 e. The second-order valence-electron chi connectivity index (χ2n) is 6.73. The summed E-state index contributed by atoms with van der Waals surface area (Å²) in [4.78, 5) is 27.1. The molecule has 3 rings (SSSR count). The summed E-state index contributed by atoms with van der Waals surface area (Å²) in [5.74, 6) is 1.17. The van der Waals surface area contributed by atoms with Gasteiger partial charge >= 0.3 is 5.69 Å². The van der Waals surface area contributed by atoms with E-state index in [1.165, 1.54) is 13.1 Å². The maximum atomic E-state index is 12.8. The summed E-state index contributed by atoms with van der Waals surface area (Å²) in [6, 6.07) is 11.0. The molecule has 25 heavy (non-hydrogen) atoms.